The van der Waals surface area contributed by atoms with E-state index in [1.54, 1.807) is 31.2 Å². The maximum absolute atomic E-state index is 13.1. The van der Waals surface area contributed by atoms with E-state index in [9.17, 15) is 19.5 Å². The Kier molecular flexibility index (Phi) is 5.00. The molecule has 0 unspecified atom stereocenters. The van der Waals surface area contributed by atoms with Crippen molar-refractivity contribution in [1.29, 1.82) is 0 Å². The monoisotopic (exact) mass is 379 g/mol. The Hall–Kier alpha value is -3.87. The highest BCUT2D eigenvalue weighted by atomic mass is 16.5. The number of carboxylic acids is 1. The van der Waals surface area contributed by atoms with Crippen LogP contribution in [0, 0.1) is 0 Å². The Labute approximate surface area is 160 Å². The molecule has 2 N–H and O–H groups in total. The number of phenolic OH excluding ortho intramolecular Hbond substituents is 1. The van der Waals surface area contributed by atoms with Gasteiger partial charge in [0.2, 0.25) is 0 Å². The minimum absolute atomic E-state index is 0.0144. The number of ether oxygens (including phenoxy) is 1. The largest absolute Gasteiger partial charge is 0.508 e. The highest BCUT2D eigenvalue weighted by Crippen LogP contribution is 2.36. The van der Waals surface area contributed by atoms with E-state index in [0.717, 1.165) is 0 Å². The van der Waals surface area contributed by atoms with Gasteiger partial charge in [0, 0.05) is 11.8 Å². The maximum Gasteiger partial charge on any atom is 0.340 e. The summed E-state index contributed by atoms with van der Waals surface area (Å²) in [5.41, 5.74) is 1.68. The molecule has 0 aromatic heterocycles. The van der Waals surface area contributed by atoms with Crippen molar-refractivity contribution in [3.8, 4) is 5.75 Å². The van der Waals surface area contributed by atoms with E-state index in [1.165, 1.54) is 42.4 Å². The predicted molar refractivity (Wildman–Crippen MR) is 102 cm³/mol. The Bertz CT molecular complexity index is 1030. The minimum Gasteiger partial charge on any atom is -0.508 e. The Morgan fingerprint density at radius 2 is 1.79 bits per heavy atom. The smallest absolute Gasteiger partial charge is 0.340 e. The van der Waals surface area contributed by atoms with Crippen LogP contribution in [0.5, 0.6) is 5.75 Å². The third-order valence-electron chi connectivity index (χ3n) is 4.35. The zero-order valence-corrected chi connectivity index (χ0v) is 15.2. The van der Waals surface area contributed by atoms with Crippen LogP contribution in [-0.4, -0.2) is 35.2 Å². The quantitative estimate of drug-likeness (QED) is 0.625. The molecule has 1 aliphatic rings. The van der Waals surface area contributed by atoms with Gasteiger partial charge in [0.05, 0.1) is 29.5 Å². The molecule has 1 amide bonds. The molecule has 0 aliphatic carbocycles. The Morgan fingerprint density at radius 1 is 1.11 bits per heavy atom. The number of anilines is 1. The Morgan fingerprint density at radius 3 is 2.36 bits per heavy atom. The number of hydrogen-bond donors (Lipinski definition) is 2. The summed E-state index contributed by atoms with van der Waals surface area (Å²) in [5.74, 6) is -2.19. The van der Waals surface area contributed by atoms with Crippen LogP contribution in [0.15, 0.2) is 65.4 Å². The summed E-state index contributed by atoms with van der Waals surface area (Å²) >= 11 is 0. The van der Waals surface area contributed by atoms with E-state index in [4.69, 9.17) is 9.84 Å². The van der Waals surface area contributed by atoms with Crippen molar-refractivity contribution in [2.45, 2.75) is 6.92 Å². The lowest BCUT2D eigenvalue weighted by Crippen LogP contribution is -2.24. The van der Waals surface area contributed by atoms with E-state index in [-0.39, 0.29) is 22.5 Å². The predicted octanol–water partition coefficient (Wildman–Crippen LogP) is 2.97. The number of phenols is 1. The molecule has 0 saturated carbocycles. The van der Waals surface area contributed by atoms with Crippen LogP contribution in [0.3, 0.4) is 0 Å². The zero-order valence-electron chi connectivity index (χ0n) is 15.2. The first kappa shape index (κ1) is 18.9. The number of esters is 1. The van der Waals surface area contributed by atoms with Gasteiger partial charge in [-0.2, -0.15) is 0 Å². The number of aromatic carboxylic acids is 1. The lowest BCUT2D eigenvalue weighted by molar-refractivity contribution is -0.136. The number of hydrogen-bond acceptors (Lipinski definition) is 5. The molecule has 0 spiro atoms. The molecule has 0 atom stereocenters. The van der Waals surface area contributed by atoms with E-state index >= 15 is 0 Å². The Balaban J connectivity index is 2.10. The van der Waals surface area contributed by atoms with Crippen LogP contribution in [0.4, 0.5) is 5.69 Å². The molecule has 0 bridgehead atoms. The number of carbonyl (C=O) groups is 3. The van der Waals surface area contributed by atoms with Crippen molar-refractivity contribution in [2.24, 2.45) is 0 Å². The fraction of sp³-hybridized carbons (Fsp3) is 0.0952. The van der Waals surface area contributed by atoms with Gasteiger partial charge in [-0.15, -0.1) is 0 Å². The van der Waals surface area contributed by atoms with Crippen molar-refractivity contribution in [3.05, 3.63) is 76.5 Å². The van der Waals surface area contributed by atoms with Crippen LogP contribution >= 0.6 is 0 Å². The number of carboxylic acid groups (broad SMARTS) is 1. The van der Waals surface area contributed by atoms with Crippen molar-refractivity contribution in [2.75, 3.05) is 12.0 Å². The van der Waals surface area contributed by atoms with Gasteiger partial charge < -0.3 is 14.9 Å². The van der Waals surface area contributed by atoms with Crippen LogP contribution < -0.4 is 4.90 Å². The molecule has 0 radical (unpaired) electrons. The van der Waals surface area contributed by atoms with E-state index in [0.29, 0.717) is 16.9 Å². The molecule has 3 rings (SSSR count). The second-order valence-electron chi connectivity index (χ2n) is 6.10. The standard InChI is InChI=1S/C21H17NO6/c1-12-18(21(27)28-2)17(10-13-6-8-14(9-7-13)20(25)26)19(24)22(12)15-4-3-5-16(23)11-15/h3-11,23H,1-2H3,(H,25,26)/b17-10-. The van der Waals surface area contributed by atoms with E-state index < -0.39 is 17.8 Å². The number of allylic oxidation sites excluding steroid dienone is 1. The molecule has 2 aromatic rings. The van der Waals surface area contributed by atoms with Crippen molar-refractivity contribution in [1.82, 2.24) is 0 Å². The molecule has 0 saturated heterocycles. The normalized spacial score (nSPS) is 15.3. The first-order valence-electron chi connectivity index (χ1n) is 8.31. The minimum atomic E-state index is -1.06. The average molecular weight is 379 g/mol. The highest BCUT2D eigenvalue weighted by Gasteiger charge is 2.37. The maximum atomic E-state index is 13.1. The van der Waals surface area contributed by atoms with Crippen LogP contribution in [0.2, 0.25) is 0 Å². The SMILES string of the molecule is COC(=O)C1=C(C)N(c2cccc(O)c2)C(=O)/C1=C\c1ccc(C(=O)O)cc1. The fourth-order valence-electron chi connectivity index (χ4n) is 3.01. The summed E-state index contributed by atoms with van der Waals surface area (Å²) in [6.45, 7) is 1.61. The van der Waals surface area contributed by atoms with E-state index in [2.05, 4.69) is 0 Å². The third kappa shape index (κ3) is 3.37. The molecule has 142 valence electrons. The van der Waals surface area contributed by atoms with Crippen LogP contribution in [0.1, 0.15) is 22.8 Å². The van der Waals surface area contributed by atoms with Gasteiger partial charge in [0.25, 0.3) is 5.91 Å². The molecular weight excluding hydrogens is 362 g/mol. The summed E-state index contributed by atoms with van der Waals surface area (Å²) < 4.78 is 4.84. The van der Waals surface area contributed by atoms with Crippen LogP contribution in [-0.2, 0) is 14.3 Å². The number of rotatable bonds is 4. The number of nitrogens with zero attached hydrogens (tertiary/aromatic N) is 1. The van der Waals surface area contributed by atoms with Crippen molar-refractivity contribution in [3.63, 3.8) is 0 Å². The number of benzene rings is 2. The fourth-order valence-corrected chi connectivity index (χ4v) is 3.01. The third-order valence-corrected chi connectivity index (χ3v) is 4.35. The summed E-state index contributed by atoms with van der Waals surface area (Å²) in [6.07, 6.45) is 1.51. The topological polar surface area (TPSA) is 104 Å². The van der Waals surface area contributed by atoms with Gasteiger partial charge in [0.1, 0.15) is 5.75 Å². The van der Waals surface area contributed by atoms with Gasteiger partial charge in [-0.1, -0.05) is 18.2 Å². The molecule has 1 heterocycles. The van der Waals surface area contributed by atoms with Gasteiger partial charge in [-0.05, 0) is 42.8 Å². The summed E-state index contributed by atoms with van der Waals surface area (Å²) in [6, 6.07) is 12.0. The van der Waals surface area contributed by atoms with Gasteiger partial charge in [0.15, 0.2) is 0 Å². The second-order valence-corrected chi connectivity index (χ2v) is 6.10. The van der Waals surface area contributed by atoms with Crippen molar-refractivity contribution >= 4 is 29.6 Å². The summed E-state index contributed by atoms with van der Waals surface area (Å²) in [5, 5.41) is 18.7. The van der Waals surface area contributed by atoms with Crippen LogP contribution in [0.25, 0.3) is 6.08 Å². The zero-order chi connectivity index (χ0) is 20.4. The molecule has 7 nitrogen and oxygen atoms in total. The molecule has 1 aliphatic heterocycles. The van der Waals surface area contributed by atoms with Gasteiger partial charge in [-0.3, -0.25) is 9.69 Å². The second kappa shape index (κ2) is 7.40. The average Bonchev–Trinajstić information content (AvgIpc) is 2.91. The van der Waals surface area contributed by atoms with Gasteiger partial charge in [-0.25, -0.2) is 9.59 Å². The first-order chi connectivity index (χ1) is 13.3. The number of carbonyl (C=O) groups excluding carboxylic acids is 2. The molecule has 2 aromatic carbocycles. The molecule has 0 fully saturated rings. The number of aromatic hydroxyl groups is 1. The summed E-state index contributed by atoms with van der Waals surface area (Å²) in [7, 11) is 1.23. The molecular formula is C21H17NO6. The van der Waals surface area contributed by atoms with E-state index in [1.807, 2.05) is 0 Å². The molecule has 7 heteroatoms. The number of methoxy groups -OCH3 is 1. The highest BCUT2D eigenvalue weighted by molar-refractivity contribution is 6.23. The summed E-state index contributed by atoms with van der Waals surface area (Å²) in [4.78, 5) is 37.7. The first-order valence-corrected chi connectivity index (χ1v) is 8.31. The lowest BCUT2D eigenvalue weighted by Gasteiger charge is -2.18. The lowest BCUT2D eigenvalue weighted by atomic mass is 10.0. The number of amides is 1. The van der Waals surface area contributed by atoms with Crippen molar-refractivity contribution < 1.29 is 29.3 Å². The van der Waals surface area contributed by atoms with Gasteiger partial charge >= 0.3 is 11.9 Å². The molecule has 28 heavy (non-hydrogen) atoms.